The van der Waals surface area contributed by atoms with Gasteiger partial charge in [0.1, 0.15) is 0 Å². The lowest BCUT2D eigenvalue weighted by molar-refractivity contribution is 0.658. The number of hydrogen-bond donors (Lipinski definition) is 0. The number of alkyl halides is 1. The second-order valence-corrected chi connectivity index (χ2v) is 8.18. The molecule has 2 atom stereocenters. The molecule has 0 amide bonds. The highest BCUT2D eigenvalue weighted by atomic mass is 127. The molecule has 0 spiro atoms. The molecule has 3 aromatic carbocycles. The number of benzene rings is 3. The Morgan fingerprint density at radius 1 is 0.917 bits per heavy atom. The lowest BCUT2D eigenvalue weighted by Crippen LogP contribution is -2.19. The van der Waals surface area contributed by atoms with E-state index in [0.29, 0.717) is 5.25 Å². The second kappa shape index (κ2) is 7.28. The minimum atomic E-state index is 0.243. The van der Waals surface area contributed by atoms with Gasteiger partial charge in [-0.3, -0.25) is 4.99 Å². The van der Waals surface area contributed by atoms with Gasteiger partial charge in [0.25, 0.3) is 0 Å². The quantitative estimate of drug-likeness (QED) is 0.344. The highest BCUT2D eigenvalue weighted by molar-refractivity contribution is 14.1. The van der Waals surface area contributed by atoms with Crippen LogP contribution in [0.3, 0.4) is 0 Å². The zero-order valence-electron chi connectivity index (χ0n) is 13.2. The molecule has 24 heavy (non-hydrogen) atoms. The third kappa shape index (κ3) is 3.24. The number of halogens is 1. The molecule has 120 valence electrons. The van der Waals surface area contributed by atoms with Gasteiger partial charge >= 0.3 is 0 Å². The van der Waals surface area contributed by atoms with Crippen LogP contribution in [0.5, 0.6) is 0 Å². The van der Waals surface area contributed by atoms with E-state index >= 15 is 0 Å². The first-order valence-corrected chi connectivity index (χ1v) is 10.6. The fourth-order valence-corrected chi connectivity index (χ4v) is 5.25. The van der Waals surface area contributed by atoms with Crippen molar-refractivity contribution in [3.8, 4) is 0 Å². The molecule has 1 heterocycles. The molecular formula is C21H18INS. The van der Waals surface area contributed by atoms with E-state index < -0.39 is 0 Å². The van der Waals surface area contributed by atoms with Crippen molar-refractivity contribution in [3.05, 3.63) is 83.9 Å². The van der Waals surface area contributed by atoms with Crippen LogP contribution in [0.4, 0.5) is 0 Å². The van der Waals surface area contributed by atoms with Gasteiger partial charge in [-0.25, -0.2) is 0 Å². The Kier molecular flexibility index (Phi) is 4.90. The van der Waals surface area contributed by atoms with Gasteiger partial charge in [-0.05, 0) is 22.8 Å². The van der Waals surface area contributed by atoms with Crippen molar-refractivity contribution >= 4 is 50.2 Å². The molecule has 1 nitrogen and oxygen atoms in total. The van der Waals surface area contributed by atoms with E-state index in [4.69, 9.17) is 4.99 Å². The summed E-state index contributed by atoms with van der Waals surface area (Å²) in [5.41, 5.74) is 2.60. The molecule has 0 bridgehead atoms. The molecule has 3 heteroatoms. The predicted octanol–water partition coefficient (Wildman–Crippen LogP) is 6.27. The third-order valence-electron chi connectivity index (χ3n) is 4.41. The fraction of sp³-hybridized carbons (Fsp3) is 0.190. The summed E-state index contributed by atoms with van der Waals surface area (Å²) in [4.78, 5) is 5.15. The van der Waals surface area contributed by atoms with Crippen LogP contribution in [-0.4, -0.2) is 14.7 Å². The summed E-state index contributed by atoms with van der Waals surface area (Å²) in [6.45, 7) is 0. The van der Waals surface area contributed by atoms with E-state index in [1.54, 1.807) is 0 Å². The number of nitrogens with zero attached hydrogens (tertiary/aromatic N) is 1. The maximum absolute atomic E-state index is 5.15. The first-order chi connectivity index (χ1) is 11.8. The van der Waals surface area contributed by atoms with Gasteiger partial charge in [0.2, 0.25) is 0 Å². The largest absolute Gasteiger partial charge is 0.270 e. The summed E-state index contributed by atoms with van der Waals surface area (Å²) in [6.07, 6.45) is 1.11. The van der Waals surface area contributed by atoms with Crippen molar-refractivity contribution in [2.24, 2.45) is 4.99 Å². The van der Waals surface area contributed by atoms with E-state index in [1.165, 1.54) is 26.9 Å². The average molecular weight is 443 g/mol. The number of thioether (sulfide) groups is 1. The fourth-order valence-electron chi connectivity index (χ4n) is 3.24. The van der Waals surface area contributed by atoms with Gasteiger partial charge in [0, 0.05) is 15.2 Å². The van der Waals surface area contributed by atoms with Gasteiger partial charge < -0.3 is 0 Å². The van der Waals surface area contributed by atoms with Crippen molar-refractivity contribution in [3.63, 3.8) is 0 Å². The number of rotatable bonds is 3. The molecule has 0 aliphatic carbocycles. The van der Waals surface area contributed by atoms with Crippen LogP contribution in [0, 0.1) is 0 Å². The Labute approximate surface area is 160 Å². The standard InChI is InChI=1S/C21H18INS/c22-14-17-13-20(23-21(24-17)16-8-2-1-3-9-16)19-12-6-10-15-7-4-5-11-18(15)19/h1-12,17,20H,13-14H2/t17-,20+/m1/s1. The van der Waals surface area contributed by atoms with Crippen LogP contribution in [-0.2, 0) is 0 Å². The van der Waals surface area contributed by atoms with E-state index in [9.17, 15) is 0 Å². The third-order valence-corrected chi connectivity index (χ3v) is 7.33. The van der Waals surface area contributed by atoms with Crippen molar-refractivity contribution in [2.45, 2.75) is 17.7 Å². The van der Waals surface area contributed by atoms with Crippen LogP contribution in [0.25, 0.3) is 10.8 Å². The highest BCUT2D eigenvalue weighted by Crippen LogP contribution is 2.39. The topological polar surface area (TPSA) is 12.4 Å². The van der Waals surface area contributed by atoms with Crippen LogP contribution >= 0.6 is 34.4 Å². The summed E-state index contributed by atoms with van der Waals surface area (Å²) >= 11 is 4.44. The minimum absolute atomic E-state index is 0.243. The first-order valence-electron chi connectivity index (χ1n) is 8.18. The average Bonchev–Trinajstić information content (AvgIpc) is 2.68. The number of fused-ring (bicyclic) bond motifs is 1. The van der Waals surface area contributed by atoms with E-state index in [1.807, 2.05) is 11.8 Å². The Balaban J connectivity index is 1.80. The van der Waals surface area contributed by atoms with Gasteiger partial charge in [0.15, 0.2) is 0 Å². The molecule has 0 aromatic heterocycles. The molecule has 0 saturated carbocycles. The smallest absolute Gasteiger partial charge is 0.0987 e. The molecule has 4 rings (SSSR count). The van der Waals surface area contributed by atoms with Gasteiger partial charge in [0.05, 0.1) is 11.1 Å². The summed E-state index contributed by atoms with van der Waals surface area (Å²) in [5, 5.41) is 4.43. The molecule has 0 radical (unpaired) electrons. The maximum Gasteiger partial charge on any atom is 0.0987 e. The van der Waals surface area contributed by atoms with Crippen LogP contribution in [0.15, 0.2) is 77.8 Å². The summed E-state index contributed by atoms with van der Waals surface area (Å²) in [6, 6.07) is 26.1. The Morgan fingerprint density at radius 2 is 1.67 bits per heavy atom. The summed E-state index contributed by atoms with van der Waals surface area (Å²) in [7, 11) is 0. The molecule has 0 fully saturated rings. The zero-order chi connectivity index (χ0) is 16.4. The van der Waals surface area contributed by atoms with E-state index in [0.717, 1.165) is 10.8 Å². The van der Waals surface area contributed by atoms with Crippen molar-refractivity contribution in [2.75, 3.05) is 4.43 Å². The lowest BCUT2D eigenvalue weighted by Gasteiger charge is -2.27. The Bertz CT molecular complexity index is 870. The monoisotopic (exact) mass is 443 g/mol. The van der Waals surface area contributed by atoms with Crippen molar-refractivity contribution in [1.29, 1.82) is 0 Å². The second-order valence-electron chi connectivity index (χ2n) is 6.01. The zero-order valence-corrected chi connectivity index (χ0v) is 16.2. The van der Waals surface area contributed by atoms with Crippen LogP contribution in [0.1, 0.15) is 23.6 Å². The summed E-state index contributed by atoms with van der Waals surface area (Å²) < 4.78 is 1.15. The van der Waals surface area contributed by atoms with Crippen LogP contribution < -0.4 is 0 Å². The predicted molar refractivity (Wildman–Crippen MR) is 115 cm³/mol. The molecule has 0 unspecified atom stereocenters. The molecule has 0 saturated heterocycles. The number of aliphatic imine (C=N–C) groups is 1. The maximum atomic E-state index is 5.15. The Hall–Kier alpha value is -1.33. The molecule has 1 aliphatic heterocycles. The molecule has 0 N–H and O–H groups in total. The van der Waals surface area contributed by atoms with Gasteiger partial charge in [-0.15, -0.1) is 11.8 Å². The first kappa shape index (κ1) is 16.2. The van der Waals surface area contributed by atoms with Gasteiger partial charge in [-0.2, -0.15) is 0 Å². The van der Waals surface area contributed by atoms with E-state index in [2.05, 4.69) is 95.4 Å². The van der Waals surface area contributed by atoms with E-state index in [-0.39, 0.29) is 6.04 Å². The molecule has 1 aliphatic rings. The SMILES string of the molecule is IC[C@H]1C[C@@H](c2cccc3ccccc23)N=C(c2ccccc2)S1. The highest BCUT2D eigenvalue weighted by Gasteiger charge is 2.26. The number of hydrogen-bond acceptors (Lipinski definition) is 2. The summed E-state index contributed by atoms with van der Waals surface area (Å²) in [5.74, 6) is 0. The Morgan fingerprint density at radius 3 is 2.50 bits per heavy atom. The minimum Gasteiger partial charge on any atom is -0.270 e. The normalized spacial score (nSPS) is 20.8. The van der Waals surface area contributed by atoms with Crippen molar-refractivity contribution in [1.82, 2.24) is 0 Å². The molecular weight excluding hydrogens is 425 g/mol. The van der Waals surface area contributed by atoms with Gasteiger partial charge in [-0.1, -0.05) is 95.4 Å². The lowest BCUT2D eigenvalue weighted by atomic mass is 9.96. The van der Waals surface area contributed by atoms with Crippen LogP contribution in [0.2, 0.25) is 0 Å². The van der Waals surface area contributed by atoms with Crippen molar-refractivity contribution < 1.29 is 0 Å². The molecule has 3 aromatic rings.